The molecule has 196 valence electrons. The molecule has 2 aliphatic rings. The lowest BCUT2D eigenvalue weighted by atomic mass is 9.87. The lowest BCUT2D eigenvalue weighted by Crippen LogP contribution is -2.71. The van der Waals surface area contributed by atoms with E-state index < -0.39 is 17.5 Å². The van der Waals surface area contributed by atoms with Gasteiger partial charge in [0.2, 0.25) is 0 Å². The maximum absolute atomic E-state index is 13.8. The summed E-state index contributed by atoms with van der Waals surface area (Å²) in [6.45, 7) is 9.01. The summed E-state index contributed by atoms with van der Waals surface area (Å²) in [4.78, 5) is 32.7. The highest BCUT2D eigenvalue weighted by Gasteiger charge is 2.66. The van der Waals surface area contributed by atoms with E-state index >= 15 is 0 Å². The number of ether oxygens (including phenoxy) is 4. The van der Waals surface area contributed by atoms with E-state index in [4.69, 9.17) is 23.8 Å². The molecule has 1 atom stereocenters. The standard InChI is InChI=1S/C27H42NO7/c1-6-32-24(29)22-14-16-23(17-15-22)35-28(18-10-11-19-28)27(31-5,25(30)34-26(2,3)4)33-20-21-12-8-7-9-13-21/h7-9,12-13,22-23H,6,10-11,14-20H2,1-5H3/q+1. The number of hydroxylamine groups is 3. The number of hydrogen-bond acceptors (Lipinski definition) is 7. The van der Waals surface area contributed by atoms with Gasteiger partial charge in [-0.2, -0.15) is 4.84 Å². The fourth-order valence-corrected chi connectivity index (χ4v) is 5.01. The minimum atomic E-state index is -1.77. The molecule has 1 saturated heterocycles. The third-order valence-electron chi connectivity index (χ3n) is 6.68. The second-order valence-corrected chi connectivity index (χ2v) is 10.4. The molecule has 3 rings (SSSR count). The van der Waals surface area contributed by atoms with Gasteiger partial charge in [-0.1, -0.05) is 30.3 Å². The Morgan fingerprint density at radius 1 is 1.00 bits per heavy atom. The second kappa shape index (κ2) is 11.8. The Bertz CT molecular complexity index is 824. The summed E-state index contributed by atoms with van der Waals surface area (Å²) in [6.07, 6.45) is 4.42. The van der Waals surface area contributed by atoms with Crippen LogP contribution in [0.3, 0.4) is 0 Å². The molecule has 0 N–H and O–H groups in total. The van der Waals surface area contributed by atoms with Crippen LogP contribution in [0.1, 0.15) is 71.8 Å². The van der Waals surface area contributed by atoms with Crippen LogP contribution in [0.5, 0.6) is 0 Å². The van der Waals surface area contributed by atoms with E-state index in [9.17, 15) is 9.59 Å². The van der Waals surface area contributed by atoms with Crippen LogP contribution in [0.15, 0.2) is 30.3 Å². The number of nitrogens with zero attached hydrogens (tertiary/aromatic N) is 1. The fourth-order valence-electron chi connectivity index (χ4n) is 5.01. The average Bonchev–Trinajstić information content (AvgIpc) is 3.29. The Hall–Kier alpha value is -2.00. The van der Waals surface area contributed by atoms with Crippen molar-refractivity contribution in [2.75, 3.05) is 26.8 Å². The third-order valence-corrected chi connectivity index (χ3v) is 6.68. The molecule has 0 bridgehead atoms. The van der Waals surface area contributed by atoms with Crippen molar-refractivity contribution in [1.82, 2.24) is 0 Å². The van der Waals surface area contributed by atoms with Gasteiger partial charge in [-0.25, -0.2) is 4.79 Å². The number of esters is 2. The van der Waals surface area contributed by atoms with Gasteiger partial charge in [0, 0.05) is 20.0 Å². The normalized spacial score (nSPS) is 23.9. The Kier molecular flexibility index (Phi) is 9.32. The Balaban J connectivity index is 1.86. The van der Waals surface area contributed by atoms with Crippen LogP contribution in [0.25, 0.3) is 0 Å². The van der Waals surface area contributed by atoms with Crippen molar-refractivity contribution < 1.29 is 38.0 Å². The topological polar surface area (TPSA) is 80.3 Å². The molecule has 1 aliphatic heterocycles. The highest BCUT2D eigenvalue weighted by Crippen LogP contribution is 2.40. The number of methoxy groups -OCH3 is 1. The van der Waals surface area contributed by atoms with Gasteiger partial charge in [0.25, 0.3) is 0 Å². The van der Waals surface area contributed by atoms with Crippen molar-refractivity contribution in [3.05, 3.63) is 35.9 Å². The van der Waals surface area contributed by atoms with E-state index in [0.717, 1.165) is 18.4 Å². The molecule has 0 aromatic heterocycles. The lowest BCUT2D eigenvalue weighted by molar-refractivity contribution is -1.16. The van der Waals surface area contributed by atoms with Gasteiger partial charge in [0.15, 0.2) is 0 Å². The largest absolute Gasteiger partial charge is 0.466 e. The van der Waals surface area contributed by atoms with Crippen LogP contribution < -0.4 is 0 Å². The zero-order valence-electron chi connectivity index (χ0n) is 21.9. The predicted molar refractivity (Wildman–Crippen MR) is 130 cm³/mol. The Morgan fingerprint density at radius 2 is 1.63 bits per heavy atom. The molecular formula is C27H42NO7+. The maximum atomic E-state index is 13.8. The van der Waals surface area contributed by atoms with Crippen LogP contribution in [-0.4, -0.2) is 61.0 Å². The molecular weight excluding hydrogens is 450 g/mol. The molecule has 0 spiro atoms. The molecule has 0 amide bonds. The Morgan fingerprint density at radius 3 is 2.17 bits per heavy atom. The summed E-state index contributed by atoms with van der Waals surface area (Å²) >= 11 is 0. The number of hydrogen-bond donors (Lipinski definition) is 0. The SMILES string of the molecule is CCOC(=O)C1CCC(O[N+]2(C(OC)(OCc3ccccc3)C(=O)OC(C)(C)C)CCCC2)CC1. The smallest absolute Gasteiger partial charge is 0.452 e. The van der Waals surface area contributed by atoms with Gasteiger partial charge in [0.05, 0.1) is 19.1 Å². The van der Waals surface area contributed by atoms with Gasteiger partial charge in [-0.05, 0) is 58.9 Å². The molecule has 1 heterocycles. The molecule has 8 heteroatoms. The van der Waals surface area contributed by atoms with Crippen LogP contribution >= 0.6 is 0 Å². The van der Waals surface area contributed by atoms with Crippen molar-refractivity contribution in [3.8, 4) is 0 Å². The van der Waals surface area contributed by atoms with Gasteiger partial charge >= 0.3 is 17.8 Å². The van der Waals surface area contributed by atoms with E-state index in [-0.39, 0.29) is 29.2 Å². The number of likely N-dealkylation sites (tertiary alicyclic amines) is 1. The first kappa shape index (κ1) is 27.6. The molecule has 35 heavy (non-hydrogen) atoms. The fraction of sp³-hybridized carbons (Fsp3) is 0.704. The molecule has 1 aromatic carbocycles. The van der Waals surface area contributed by atoms with Crippen molar-refractivity contribution >= 4 is 11.9 Å². The van der Waals surface area contributed by atoms with E-state index in [0.29, 0.717) is 45.4 Å². The second-order valence-electron chi connectivity index (χ2n) is 10.4. The van der Waals surface area contributed by atoms with Crippen LogP contribution in [-0.2, 0) is 40.0 Å². The number of carbonyl (C=O) groups excluding carboxylic acids is 2. The third kappa shape index (κ3) is 6.61. The minimum absolute atomic E-state index is 0.0972. The monoisotopic (exact) mass is 492 g/mol. The molecule has 1 saturated carbocycles. The summed E-state index contributed by atoms with van der Waals surface area (Å²) in [7, 11) is 1.48. The molecule has 1 unspecified atom stereocenters. The van der Waals surface area contributed by atoms with Gasteiger partial charge in [0.1, 0.15) is 24.8 Å². The summed E-state index contributed by atoms with van der Waals surface area (Å²) in [5, 5.41) is 0. The van der Waals surface area contributed by atoms with Crippen molar-refractivity contribution in [3.63, 3.8) is 0 Å². The van der Waals surface area contributed by atoms with Crippen molar-refractivity contribution in [2.45, 2.75) is 90.4 Å². The lowest BCUT2D eigenvalue weighted by Gasteiger charge is -2.46. The first-order valence-corrected chi connectivity index (χ1v) is 12.8. The summed E-state index contributed by atoms with van der Waals surface area (Å²) in [6, 6.07) is 9.69. The molecule has 0 radical (unpaired) electrons. The van der Waals surface area contributed by atoms with E-state index in [1.54, 1.807) is 0 Å². The van der Waals surface area contributed by atoms with Crippen LogP contribution in [0, 0.1) is 5.92 Å². The molecule has 1 aromatic rings. The van der Waals surface area contributed by atoms with Crippen molar-refractivity contribution in [1.29, 1.82) is 0 Å². The predicted octanol–water partition coefficient (Wildman–Crippen LogP) is 4.51. The number of benzene rings is 1. The highest BCUT2D eigenvalue weighted by molar-refractivity contribution is 5.76. The molecule has 8 nitrogen and oxygen atoms in total. The first-order chi connectivity index (χ1) is 16.6. The first-order valence-electron chi connectivity index (χ1n) is 12.8. The molecule has 1 aliphatic carbocycles. The maximum Gasteiger partial charge on any atom is 0.452 e. The highest BCUT2D eigenvalue weighted by atomic mass is 16.9. The van der Waals surface area contributed by atoms with Gasteiger partial charge in [-0.15, -0.1) is 4.65 Å². The number of rotatable bonds is 10. The number of carbonyl (C=O) groups is 2. The zero-order valence-corrected chi connectivity index (χ0v) is 21.9. The minimum Gasteiger partial charge on any atom is -0.466 e. The average molecular weight is 493 g/mol. The van der Waals surface area contributed by atoms with Gasteiger partial charge < -0.3 is 9.47 Å². The van der Waals surface area contributed by atoms with Crippen LogP contribution in [0.2, 0.25) is 0 Å². The molecule has 2 fully saturated rings. The zero-order chi connectivity index (χ0) is 25.5. The summed E-state index contributed by atoms with van der Waals surface area (Å²) in [5.74, 6) is -2.60. The van der Waals surface area contributed by atoms with Gasteiger partial charge in [-0.3, -0.25) is 14.3 Å². The van der Waals surface area contributed by atoms with Crippen LogP contribution in [0.4, 0.5) is 0 Å². The van der Waals surface area contributed by atoms with Crippen molar-refractivity contribution in [2.24, 2.45) is 5.92 Å². The number of quaternary nitrogens is 1. The summed E-state index contributed by atoms with van der Waals surface area (Å²) in [5.41, 5.74) is 0.197. The van der Waals surface area contributed by atoms with E-state index in [2.05, 4.69) is 0 Å². The Labute approximate surface area is 209 Å². The quantitative estimate of drug-likeness (QED) is 0.270. The van der Waals surface area contributed by atoms with E-state index in [1.165, 1.54) is 7.11 Å². The summed E-state index contributed by atoms with van der Waals surface area (Å²) < 4.78 is 23.3. The van der Waals surface area contributed by atoms with E-state index in [1.807, 2.05) is 58.0 Å².